The Bertz CT molecular complexity index is 968. The third-order valence-electron chi connectivity index (χ3n) is 5.29. The van der Waals surface area contributed by atoms with Crippen LogP contribution < -0.4 is 9.64 Å². The molecular formula is C21H23N4O3+. The van der Waals surface area contributed by atoms with Gasteiger partial charge in [0.05, 0.1) is 7.11 Å². The van der Waals surface area contributed by atoms with E-state index in [1.165, 1.54) is 9.60 Å². The number of rotatable bonds is 4. The van der Waals surface area contributed by atoms with E-state index in [2.05, 4.69) is 5.11 Å². The SMILES string of the molecule is COc1ccc(N2CCN3C(=O)C(=O)[N+](Cc4cc(C)ccc4C)=NC32)cc1. The number of carbonyl (C=O) groups is 2. The molecule has 7 heteroatoms. The molecule has 0 radical (unpaired) electrons. The van der Waals surface area contributed by atoms with Crippen molar-refractivity contribution in [3.8, 4) is 5.75 Å². The van der Waals surface area contributed by atoms with Crippen molar-refractivity contribution in [2.75, 3.05) is 25.1 Å². The molecule has 2 amide bonds. The molecule has 0 saturated carbocycles. The lowest BCUT2D eigenvalue weighted by atomic mass is 10.1. The van der Waals surface area contributed by atoms with Crippen LogP contribution in [-0.2, 0) is 16.1 Å². The van der Waals surface area contributed by atoms with Crippen LogP contribution in [0.2, 0.25) is 0 Å². The van der Waals surface area contributed by atoms with Gasteiger partial charge >= 0.3 is 11.8 Å². The summed E-state index contributed by atoms with van der Waals surface area (Å²) in [5.41, 5.74) is 4.11. The summed E-state index contributed by atoms with van der Waals surface area (Å²) in [5, 5.41) is 4.63. The fraction of sp³-hybridized carbons (Fsp3) is 0.333. The quantitative estimate of drug-likeness (QED) is 0.605. The van der Waals surface area contributed by atoms with Crippen LogP contribution in [0.25, 0.3) is 0 Å². The van der Waals surface area contributed by atoms with Gasteiger partial charge in [-0.3, -0.25) is 9.69 Å². The van der Waals surface area contributed by atoms with Gasteiger partial charge in [-0.1, -0.05) is 17.7 Å². The average molecular weight is 379 g/mol. The van der Waals surface area contributed by atoms with Crippen molar-refractivity contribution in [3.05, 3.63) is 59.2 Å². The number of methoxy groups -OCH3 is 1. The van der Waals surface area contributed by atoms with Gasteiger partial charge in [0.2, 0.25) is 6.54 Å². The summed E-state index contributed by atoms with van der Waals surface area (Å²) in [6.45, 7) is 5.39. The Morgan fingerprint density at radius 3 is 2.50 bits per heavy atom. The van der Waals surface area contributed by atoms with Crippen molar-refractivity contribution >= 4 is 17.5 Å². The minimum atomic E-state index is -0.575. The molecule has 7 nitrogen and oxygen atoms in total. The molecule has 0 bridgehead atoms. The summed E-state index contributed by atoms with van der Waals surface area (Å²) < 4.78 is 6.53. The zero-order chi connectivity index (χ0) is 19.8. The van der Waals surface area contributed by atoms with Crippen molar-refractivity contribution in [2.24, 2.45) is 5.11 Å². The summed E-state index contributed by atoms with van der Waals surface area (Å²) >= 11 is 0. The Morgan fingerprint density at radius 1 is 1.07 bits per heavy atom. The predicted octanol–water partition coefficient (Wildman–Crippen LogP) is 2.45. The molecule has 1 saturated heterocycles. The first-order valence-corrected chi connectivity index (χ1v) is 9.28. The molecule has 144 valence electrons. The first-order valence-electron chi connectivity index (χ1n) is 9.28. The van der Waals surface area contributed by atoms with Gasteiger partial charge < -0.3 is 9.64 Å². The van der Waals surface area contributed by atoms with E-state index in [4.69, 9.17) is 4.74 Å². The Kier molecular flexibility index (Phi) is 4.58. The molecule has 1 atom stereocenters. The average Bonchev–Trinajstić information content (AvgIpc) is 3.12. The van der Waals surface area contributed by atoms with E-state index in [1.54, 1.807) is 7.11 Å². The summed E-state index contributed by atoms with van der Waals surface area (Å²) in [7, 11) is 1.62. The molecule has 0 N–H and O–H groups in total. The molecule has 28 heavy (non-hydrogen) atoms. The molecule has 0 spiro atoms. The van der Waals surface area contributed by atoms with E-state index in [0.717, 1.165) is 28.1 Å². The maximum absolute atomic E-state index is 12.7. The van der Waals surface area contributed by atoms with Crippen molar-refractivity contribution in [2.45, 2.75) is 26.7 Å². The van der Waals surface area contributed by atoms with Crippen LogP contribution in [0.3, 0.4) is 0 Å². The third kappa shape index (κ3) is 3.13. The fourth-order valence-corrected chi connectivity index (χ4v) is 3.64. The maximum Gasteiger partial charge on any atom is 0.502 e. The minimum absolute atomic E-state index is 0.291. The number of nitrogens with zero attached hydrogens (tertiary/aromatic N) is 4. The largest absolute Gasteiger partial charge is 0.502 e. The minimum Gasteiger partial charge on any atom is -0.497 e. The lowest BCUT2D eigenvalue weighted by Crippen LogP contribution is -2.51. The van der Waals surface area contributed by atoms with Crippen molar-refractivity contribution in [1.82, 2.24) is 4.90 Å². The van der Waals surface area contributed by atoms with E-state index in [-0.39, 0.29) is 0 Å². The van der Waals surface area contributed by atoms with Gasteiger partial charge in [-0.2, -0.15) is 0 Å². The highest BCUT2D eigenvalue weighted by atomic mass is 16.5. The van der Waals surface area contributed by atoms with Gasteiger partial charge in [0.1, 0.15) is 5.75 Å². The zero-order valence-electron chi connectivity index (χ0n) is 16.3. The molecule has 2 heterocycles. The van der Waals surface area contributed by atoms with Crippen molar-refractivity contribution < 1.29 is 19.0 Å². The molecule has 4 rings (SSSR count). The van der Waals surface area contributed by atoms with Crippen LogP contribution in [0.15, 0.2) is 47.6 Å². The highest BCUT2D eigenvalue weighted by molar-refractivity contribution is 6.31. The molecule has 0 aliphatic carbocycles. The van der Waals surface area contributed by atoms with E-state index >= 15 is 0 Å². The van der Waals surface area contributed by atoms with Gasteiger partial charge in [-0.25, -0.2) is 4.79 Å². The number of azo groups is 2. The number of carbonyl (C=O) groups excluding carboxylic acids is 2. The van der Waals surface area contributed by atoms with E-state index < -0.39 is 18.1 Å². The van der Waals surface area contributed by atoms with Gasteiger partial charge in [0.15, 0.2) is 0 Å². The van der Waals surface area contributed by atoms with Gasteiger partial charge in [-0.05, 0) is 54.4 Å². The second-order valence-corrected chi connectivity index (χ2v) is 7.14. The van der Waals surface area contributed by atoms with Gasteiger partial charge in [-0.15, -0.1) is 0 Å². The summed E-state index contributed by atoms with van der Waals surface area (Å²) in [4.78, 5) is 28.8. The topological polar surface area (TPSA) is 65.2 Å². The maximum atomic E-state index is 12.7. The van der Waals surface area contributed by atoms with E-state index in [0.29, 0.717) is 19.6 Å². The van der Waals surface area contributed by atoms with Crippen LogP contribution in [0.4, 0.5) is 5.69 Å². The number of amides is 2. The molecule has 0 aromatic heterocycles. The molecule has 2 aromatic carbocycles. The Labute approximate surface area is 163 Å². The Hall–Kier alpha value is -3.22. The standard InChI is InChI=1S/C21H23N4O3/c1-14-4-5-15(2)16(12-14)13-25-20(27)19(26)24-11-10-23(21(24)22-25)17-6-8-18(28-3)9-7-17/h4-9,12,21H,10-11,13H2,1-3H3/q+1. The zero-order valence-corrected chi connectivity index (χ0v) is 16.3. The van der Waals surface area contributed by atoms with Crippen molar-refractivity contribution in [3.63, 3.8) is 0 Å². The lowest BCUT2D eigenvalue weighted by molar-refractivity contribution is -0.534. The smallest absolute Gasteiger partial charge is 0.497 e. The fourth-order valence-electron chi connectivity index (χ4n) is 3.64. The molecule has 2 aliphatic heterocycles. The number of hydrogen-bond donors (Lipinski definition) is 0. The molecule has 2 aliphatic rings. The highest BCUT2D eigenvalue weighted by Crippen LogP contribution is 2.29. The predicted molar refractivity (Wildman–Crippen MR) is 103 cm³/mol. The highest BCUT2D eigenvalue weighted by Gasteiger charge is 2.49. The lowest BCUT2D eigenvalue weighted by Gasteiger charge is -2.27. The first-order chi connectivity index (χ1) is 13.5. The summed E-state index contributed by atoms with van der Waals surface area (Å²) in [6.07, 6.45) is -0.510. The first kappa shape index (κ1) is 18.2. The molecule has 1 unspecified atom stereocenters. The van der Waals surface area contributed by atoms with E-state index in [1.807, 2.05) is 61.2 Å². The second kappa shape index (κ2) is 7.07. The molecule has 2 aromatic rings. The number of fused-ring (bicyclic) bond motifs is 1. The van der Waals surface area contributed by atoms with Gasteiger partial charge in [0.25, 0.3) is 6.29 Å². The number of anilines is 1. The number of hydrogen-bond acceptors (Lipinski definition) is 5. The van der Waals surface area contributed by atoms with Gasteiger partial charge in [0, 0.05) is 29.5 Å². The summed E-state index contributed by atoms with van der Waals surface area (Å²) in [5.74, 6) is -0.307. The van der Waals surface area contributed by atoms with Crippen molar-refractivity contribution in [1.29, 1.82) is 0 Å². The molecule has 1 fully saturated rings. The molecular weight excluding hydrogens is 356 g/mol. The number of ether oxygens (including phenoxy) is 1. The Balaban J connectivity index is 1.66. The Morgan fingerprint density at radius 2 is 1.79 bits per heavy atom. The van der Waals surface area contributed by atoms with Crippen LogP contribution in [0, 0.1) is 13.8 Å². The van der Waals surface area contributed by atoms with E-state index in [9.17, 15) is 9.59 Å². The monoisotopic (exact) mass is 379 g/mol. The summed E-state index contributed by atoms with van der Waals surface area (Å²) in [6, 6.07) is 13.7. The third-order valence-corrected chi connectivity index (χ3v) is 5.29. The number of benzene rings is 2. The van der Waals surface area contributed by atoms with Crippen LogP contribution >= 0.6 is 0 Å². The van der Waals surface area contributed by atoms with Crippen LogP contribution in [0.5, 0.6) is 5.75 Å². The second-order valence-electron chi connectivity index (χ2n) is 7.14. The van der Waals surface area contributed by atoms with Crippen LogP contribution in [0.1, 0.15) is 16.7 Å². The van der Waals surface area contributed by atoms with Crippen LogP contribution in [-0.4, -0.2) is 47.9 Å². The normalized spacial score (nSPS) is 19.0. The number of aryl methyl sites for hydroxylation is 2.